The number of benzene rings is 3. The van der Waals surface area contributed by atoms with E-state index in [-0.39, 0.29) is 18.2 Å². The van der Waals surface area contributed by atoms with Gasteiger partial charge in [0.1, 0.15) is 29.5 Å². The predicted molar refractivity (Wildman–Crippen MR) is 149 cm³/mol. The minimum Gasteiger partial charge on any atom is -0.489 e. The normalized spacial score (nSPS) is 11.2. The van der Waals surface area contributed by atoms with E-state index in [1.807, 2.05) is 50.2 Å². The molecule has 2 heterocycles. The first-order chi connectivity index (χ1) is 18.4. The van der Waals surface area contributed by atoms with Crippen molar-refractivity contribution in [1.82, 2.24) is 10.1 Å². The highest BCUT2D eigenvalue weighted by atomic mass is 35.5. The number of rotatable bonds is 7. The smallest absolute Gasteiger partial charge is 0.356 e. The van der Waals surface area contributed by atoms with E-state index >= 15 is 0 Å². The van der Waals surface area contributed by atoms with Gasteiger partial charge in [0.15, 0.2) is 0 Å². The molecule has 5 aromatic rings. The standard InChI is InChI=1S/C30H24Cl2N2O4/c1-17(2)29-23(28(34-38-29)27-24(31)5-4-6-25(27)32)16-37-22-10-9-19-13-18(7-8-20(19)14-22)21-11-12-33-26(15-21)30(35)36-3/h4-15,17H,16H2,1-3H3. The summed E-state index contributed by atoms with van der Waals surface area (Å²) in [6.45, 7) is 4.31. The number of nitrogens with zero attached hydrogens (tertiary/aromatic N) is 2. The molecule has 0 N–H and O–H groups in total. The molecule has 5 rings (SSSR count). The molecular weight excluding hydrogens is 523 g/mol. The number of halogens is 2. The number of aromatic nitrogens is 2. The Kier molecular flexibility index (Phi) is 7.36. The van der Waals surface area contributed by atoms with Gasteiger partial charge in [-0.25, -0.2) is 9.78 Å². The monoisotopic (exact) mass is 546 g/mol. The van der Waals surface area contributed by atoms with Crippen LogP contribution in [0.5, 0.6) is 5.75 Å². The van der Waals surface area contributed by atoms with Crippen molar-refractivity contribution in [2.45, 2.75) is 26.4 Å². The summed E-state index contributed by atoms with van der Waals surface area (Å²) in [7, 11) is 1.34. The molecule has 0 atom stereocenters. The Balaban J connectivity index is 1.42. The Labute approximate surface area is 230 Å². The van der Waals surface area contributed by atoms with Crippen LogP contribution >= 0.6 is 23.2 Å². The summed E-state index contributed by atoms with van der Waals surface area (Å²) >= 11 is 12.9. The van der Waals surface area contributed by atoms with Gasteiger partial charge in [-0.2, -0.15) is 0 Å². The van der Waals surface area contributed by atoms with Gasteiger partial charge in [0.05, 0.1) is 22.7 Å². The molecule has 0 aliphatic heterocycles. The first-order valence-corrected chi connectivity index (χ1v) is 12.8. The maximum Gasteiger partial charge on any atom is 0.356 e. The number of pyridine rings is 1. The van der Waals surface area contributed by atoms with Crippen molar-refractivity contribution in [3.05, 3.63) is 100.0 Å². The summed E-state index contributed by atoms with van der Waals surface area (Å²) in [4.78, 5) is 16.0. The van der Waals surface area contributed by atoms with Crippen LogP contribution in [-0.4, -0.2) is 23.2 Å². The average Bonchev–Trinajstić information content (AvgIpc) is 3.34. The maximum absolute atomic E-state index is 11.9. The van der Waals surface area contributed by atoms with Crippen LogP contribution in [0.2, 0.25) is 10.0 Å². The summed E-state index contributed by atoms with van der Waals surface area (Å²) in [6.07, 6.45) is 1.60. The Morgan fingerprint density at radius 3 is 2.39 bits per heavy atom. The summed E-state index contributed by atoms with van der Waals surface area (Å²) in [5, 5.41) is 7.33. The number of methoxy groups -OCH3 is 1. The van der Waals surface area contributed by atoms with Crippen molar-refractivity contribution in [3.63, 3.8) is 0 Å². The van der Waals surface area contributed by atoms with Gasteiger partial charge in [0.25, 0.3) is 0 Å². The SMILES string of the molecule is COC(=O)c1cc(-c2ccc3cc(OCc4c(-c5c(Cl)cccc5Cl)noc4C(C)C)ccc3c2)ccn1. The van der Waals surface area contributed by atoms with Crippen LogP contribution in [0, 0.1) is 0 Å². The second-order valence-electron chi connectivity index (χ2n) is 9.06. The number of carbonyl (C=O) groups is 1. The highest BCUT2D eigenvalue weighted by molar-refractivity contribution is 6.39. The first-order valence-electron chi connectivity index (χ1n) is 12.0. The minimum absolute atomic E-state index is 0.0963. The zero-order chi connectivity index (χ0) is 26.8. The summed E-state index contributed by atoms with van der Waals surface area (Å²) in [6, 6.07) is 20.9. The van der Waals surface area contributed by atoms with E-state index in [2.05, 4.69) is 16.2 Å². The third-order valence-electron chi connectivity index (χ3n) is 6.23. The number of hydrogen-bond acceptors (Lipinski definition) is 6. The molecule has 0 aliphatic rings. The second-order valence-corrected chi connectivity index (χ2v) is 9.87. The molecule has 3 aromatic carbocycles. The molecule has 6 nitrogen and oxygen atoms in total. The van der Waals surface area contributed by atoms with Crippen LogP contribution in [-0.2, 0) is 11.3 Å². The van der Waals surface area contributed by atoms with Gasteiger partial charge in [0, 0.05) is 17.7 Å². The van der Waals surface area contributed by atoms with Gasteiger partial charge in [0.2, 0.25) is 0 Å². The number of hydrogen-bond donors (Lipinski definition) is 0. The third kappa shape index (κ3) is 5.10. The van der Waals surface area contributed by atoms with E-state index < -0.39 is 5.97 Å². The molecule has 0 amide bonds. The predicted octanol–water partition coefficient (Wildman–Crippen LogP) is 8.35. The third-order valence-corrected chi connectivity index (χ3v) is 6.86. The zero-order valence-electron chi connectivity index (χ0n) is 21.0. The molecule has 0 saturated carbocycles. The average molecular weight is 547 g/mol. The molecule has 38 heavy (non-hydrogen) atoms. The molecule has 0 unspecified atom stereocenters. The van der Waals surface area contributed by atoms with Crippen LogP contribution in [0.15, 0.2) is 77.4 Å². The van der Waals surface area contributed by atoms with Gasteiger partial charge in [-0.15, -0.1) is 0 Å². The van der Waals surface area contributed by atoms with Crippen LogP contribution in [0.3, 0.4) is 0 Å². The maximum atomic E-state index is 11.9. The summed E-state index contributed by atoms with van der Waals surface area (Å²) in [5.41, 5.74) is 4.12. The molecule has 0 radical (unpaired) electrons. The fraction of sp³-hybridized carbons (Fsp3) is 0.167. The van der Waals surface area contributed by atoms with Crippen LogP contribution in [0.1, 0.15) is 41.6 Å². The van der Waals surface area contributed by atoms with Crippen molar-refractivity contribution in [2.24, 2.45) is 0 Å². The lowest BCUT2D eigenvalue weighted by Crippen LogP contribution is -2.03. The fourth-order valence-electron chi connectivity index (χ4n) is 4.31. The number of fused-ring (bicyclic) bond motifs is 1. The van der Waals surface area contributed by atoms with Gasteiger partial charge < -0.3 is 14.0 Å². The number of ether oxygens (including phenoxy) is 2. The Morgan fingerprint density at radius 1 is 0.947 bits per heavy atom. The molecule has 192 valence electrons. The van der Waals surface area contributed by atoms with Gasteiger partial charge in [-0.05, 0) is 64.4 Å². The van der Waals surface area contributed by atoms with E-state index in [0.717, 1.165) is 33.2 Å². The molecule has 0 saturated heterocycles. The highest BCUT2D eigenvalue weighted by Crippen LogP contribution is 2.39. The van der Waals surface area contributed by atoms with E-state index in [4.69, 9.17) is 37.2 Å². The van der Waals surface area contributed by atoms with Crippen molar-refractivity contribution in [1.29, 1.82) is 0 Å². The molecule has 8 heteroatoms. The molecule has 2 aromatic heterocycles. The largest absolute Gasteiger partial charge is 0.489 e. The summed E-state index contributed by atoms with van der Waals surface area (Å²) < 4.78 is 16.7. The zero-order valence-corrected chi connectivity index (χ0v) is 22.5. The highest BCUT2D eigenvalue weighted by Gasteiger charge is 2.24. The van der Waals surface area contributed by atoms with E-state index in [1.54, 1.807) is 30.5 Å². The lowest BCUT2D eigenvalue weighted by molar-refractivity contribution is 0.0594. The van der Waals surface area contributed by atoms with Crippen molar-refractivity contribution < 1.29 is 18.8 Å². The molecule has 0 aliphatic carbocycles. The van der Waals surface area contributed by atoms with Gasteiger partial charge >= 0.3 is 5.97 Å². The Bertz CT molecular complexity index is 1620. The quantitative estimate of drug-likeness (QED) is 0.191. The van der Waals surface area contributed by atoms with E-state index in [0.29, 0.717) is 27.1 Å². The van der Waals surface area contributed by atoms with Crippen LogP contribution in [0.4, 0.5) is 0 Å². The fourth-order valence-corrected chi connectivity index (χ4v) is 4.89. The van der Waals surface area contributed by atoms with E-state index in [1.165, 1.54) is 7.11 Å². The molecule has 0 fully saturated rings. The van der Waals surface area contributed by atoms with Crippen molar-refractivity contribution >= 4 is 39.9 Å². The minimum atomic E-state index is -0.470. The van der Waals surface area contributed by atoms with E-state index in [9.17, 15) is 4.79 Å². The summed E-state index contributed by atoms with van der Waals surface area (Å²) in [5.74, 6) is 1.06. The second kappa shape index (κ2) is 10.9. The van der Waals surface area contributed by atoms with Crippen LogP contribution < -0.4 is 4.74 Å². The Morgan fingerprint density at radius 2 is 1.66 bits per heavy atom. The van der Waals surface area contributed by atoms with Crippen LogP contribution in [0.25, 0.3) is 33.2 Å². The lowest BCUT2D eigenvalue weighted by Gasteiger charge is -2.12. The van der Waals surface area contributed by atoms with Crippen molar-refractivity contribution in [2.75, 3.05) is 7.11 Å². The number of esters is 1. The first kappa shape index (κ1) is 25.8. The Hall–Kier alpha value is -3.87. The molecular formula is C30H24Cl2N2O4. The topological polar surface area (TPSA) is 74.5 Å². The van der Waals surface area contributed by atoms with Gasteiger partial charge in [-0.3, -0.25) is 0 Å². The lowest BCUT2D eigenvalue weighted by atomic mass is 10.0. The van der Waals surface area contributed by atoms with Gasteiger partial charge in [-0.1, -0.05) is 66.5 Å². The molecule has 0 spiro atoms. The van der Waals surface area contributed by atoms with Crippen molar-refractivity contribution in [3.8, 4) is 28.1 Å². The number of carbonyl (C=O) groups excluding carboxylic acids is 1. The molecule has 0 bridgehead atoms.